The summed E-state index contributed by atoms with van der Waals surface area (Å²) < 4.78 is 33.4. The number of ether oxygens (including phenoxy) is 1. The number of carbonyl (C=O) groups is 1. The molecule has 0 radical (unpaired) electrons. The lowest BCUT2D eigenvalue weighted by Crippen LogP contribution is -2.40. The van der Waals surface area contributed by atoms with E-state index in [2.05, 4.69) is 20.4 Å². The molecule has 0 saturated carbocycles. The summed E-state index contributed by atoms with van der Waals surface area (Å²) in [5.41, 5.74) is 1.04. The molecule has 168 valence electrons. The second kappa shape index (κ2) is 8.65. The van der Waals surface area contributed by atoms with Crippen molar-refractivity contribution >= 4 is 21.7 Å². The van der Waals surface area contributed by atoms with Gasteiger partial charge in [0.1, 0.15) is 5.82 Å². The molecule has 1 aliphatic rings. The van der Waals surface area contributed by atoms with Crippen molar-refractivity contribution < 1.29 is 17.9 Å². The summed E-state index contributed by atoms with van der Waals surface area (Å²) in [5, 5.41) is 7.01. The molecule has 1 aromatic carbocycles. The lowest BCUT2D eigenvalue weighted by molar-refractivity contribution is 0.0730. The fraction of sp³-hybridized carbons (Fsp3) is 0.300. The van der Waals surface area contributed by atoms with E-state index in [1.165, 1.54) is 39.3 Å². The van der Waals surface area contributed by atoms with E-state index in [0.717, 1.165) is 0 Å². The number of H-pyrrole nitrogens is 1. The minimum Gasteiger partial charge on any atom is -0.379 e. The molecule has 0 bridgehead atoms. The first-order valence-electron chi connectivity index (χ1n) is 9.88. The van der Waals surface area contributed by atoms with Gasteiger partial charge in [-0.2, -0.15) is 14.1 Å². The summed E-state index contributed by atoms with van der Waals surface area (Å²) in [7, 11) is -3.65. The fourth-order valence-corrected chi connectivity index (χ4v) is 4.72. The van der Waals surface area contributed by atoms with Gasteiger partial charge in [-0.25, -0.2) is 13.4 Å². The molecule has 0 spiro atoms. The predicted molar refractivity (Wildman–Crippen MR) is 115 cm³/mol. The molecule has 4 rings (SSSR count). The number of nitrogens with one attached hydrogen (secondary N) is 2. The Hall–Kier alpha value is -3.35. The van der Waals surface area contributed by atoms with Crippen LogP contribution in [-0.4, -0.2) is 64.7 Å². The van der Waals surface area contributed by atoms with Crippen molar-refractivity contribution in [2.45, 2.75) is 18.7 Å². The van der Waals surface area contributed by atoms with Gasteiger partial charge in [0.25, 0.3) is 11.5 Å². The van der Waals surface area contributed by atoms with Crippen LogP contribution >= 0.6 is 0 Å². The number of aromatic nitrogens is 4. The molecule has 1 aliphatic heterocycles. The van der Waals surface area contributed by atoms with Crippen molar-refractivity contribution in [1.82, 2.24) is 24.1 Å². The maximum Gasteiger partial charge on any atom is 0.256 e. The quantitative estimate of drug-likeness (QED) is 0.578. The molecule has 3 aromatic rings. The Labute approximate surface area is 184 Å². The van der Waals surface area contributed by atoms with Crippen molar-refractivity contribution in [2.75, 3.05) is 31.6 Å². The Morgan fingerprint density at radius 2 is 1.78 bits per heavy atom. The molecule has 0 atom stereocenters. The van der Waals surface area contributed by atoms with Gasteiger partial charge < -0.3 is 10.1 Å². The minimum atomic E-state index is -3.65. The monoisotopic (exact) mass is 458 g/mol. The van der Waals surface area contributed by atoms with Gasteiger partial charge in [-0.1, -0.05) is 0 Å². The standard InChI is InChI=1S/C20H22N6O5S/c1-13-12-18(27)23-20(21-13)26-17(11-14(2)24-26)22-19(28)15-3-5-16(6-4-15)32(29,30)25-7-9-31-10-8-25/h3-6,11-12H,7-10H2,1-2H3,(H,22,28)(H,21,23,27). The maximum absolute atomic E-state index is 12.8. The summed E-state index contributed by atoms with van der Waals surface area (Å²) in [6, 6.07) is 8.69. The molecule has 12 heteroatoms. The molecule has 1 fully saturated rings. The molecule has 2 aromatic heterocycles. The van der Waals surface area contributed by atoms with Crippen LogP contribution in [0.4, 0.5) is 5.82 Å². The minimum absolute atomic E-state index is 0.110. The van der Waals surface area contributed by atoms with Crippen molar-refractivity contribution in [3.63, 3.8) is 0 Å². The van der Waals surface area contributed by atoms with E-state index in [4.69, 9.17) is 4.74 Å². The number of carbonyl (C=O) groups excluding carboxylic acids is 1. The van der Waals surface area contributed by atoms with Gasteiger partial charge in [0.05, 0.1) is 23.8 Å². The molecule has 0 unspecified atom stereocenters. The number of amides is 1. The highest BCUT2D eigenvalue weighted by Crippen LogP contribution is 2.19. The average Bonchev–Trinajstić information content (AvgIpc) is 3.13. The van der Waals surface area contributed by atoms with Crippen molar-refractivity contribution in [1.29, 1.82) is 0 Å². The summed E-state index contributed by atoms with van der Waals surface area (Å²) in [6.45, 7) is 4.72. The number of rotatable bonds is 5. The lowest BCUT2D eigenvalue weighted by atomic mass is 10.2. The maximum atomic E-state index is 12.8. The second-order valence-corrected chi connectivity index (χ2v) is 9.23. The predicted octanol–water partition coefficient (Wildman–Crippen LogP) is 0.846. The van der Waals surface area contributed by atoms with Crippen LogP contribution < -0.4 is 10.9 Å². The van der Waals surface area contributed by atoms with Gasteiger partial charge in [-0.15, -0.1) is 0 Å². The Bertz CT molecular complexity index is 1310. The molecule has 11 nitrogen and oxygen atoms in total. The highest BCUT2D eigenvalue weighted by Gasteiger charge is 2.26. The van der Waals surface area contributed by atoms with E-state index in [0.29, 0.717) is 43.5 Å². The van der Waals surface area contributed by atoms with Crippen LogP contribution in [0.15, 0.2) is 46.1 Å². The zero-order valence-electron chi connectivity index (χ0n) is 17.5. The first-order valence-corrected chi connectivity index (χ1v) is 11.3. The molecule has 1 saturated heterocycles. The van der Waals surface area contributed by atoms with Crippen molar-refractivity contribution in [3.8, 4) is 5.95 Å². The third-order valence-electron chi connectivity index (χ3n) is 4.86. The first kappa shape index (κ1) is 21.9. The van der Waals surface area contributed by atoms with Gasteiger partial charge in [-0.05, 0) is 38.1 Å². The van der Waals surface area contributed by atoms with Gasteiger partial charge in [-0.3, -0.25) is 14.6 Å². The second-order valence-electron chi connectivity index (χ2n) is 7.29. The normalized spacial score (nSPS) is 14.9. The number of hydrogen-bond acceptors (Lipinski definition) is 7. The molecular formula is C20H22N6O5S. The third-order valence-corrected chi connectivity index (χ3v) is 6.77. The van der Waals surface area contributed by atoms with Crippen molar-refractivity contribution in [2.24, 2.45) is 0 Å². The number of sulfonamides is 1. The van der Waals surface area contributed by atoms with Crippen LogP contribution in [-0.2, 0) is 14.8 Å². The van der Waals surface area contributed by atoms with Crippen LogP contribution in [0.3, 0.4) is 0 Å². The number of aromatic amines is 1. The molecule has 32 heavy (non-hydrogen) atoms. The highest BCUT2D eigenvalue weighted by atomic mass is 32.2. The molecule has 3 heterocycles. The van der Waals surface area contributed by atoms with Gasteiger partial charge in [0.2, 0.25) is 16.0 Å². The summed E-state index contributed by atoms with van der Waals surface area (Å²) in [6.07, 6.45) is 0. The van der Waals surface area contributed by atoms with E-state index < -0.39 is 15.9 Å². The van der Waals surface area contributed by atoms with Gasteiger partial charge in [0.15, 0.2) is 0 Å². The van der Waals surface area contributed by atoms with Crippen LogP contribution in [0.1, 0.15) is 21.7 Å². The lowest BCUT2D eigenvalue weighted by Gasteiger charge is -2.26. The molecule has 2 N–H and O–H groups in total. The SMILES string of the molecule is Cc1cc(=O)[nH]c(-n2nc(C)cc2NC(=O)c2ccc(S(=O)(=O)N3CCOCC3)cc2)n1. The zero-order valence-corrected chi connectivity index (χ0v) is 18.3. The number of anilines is 1. The summed E-state index contributed by atoms with van der Waals surface area (Å²) >= 11 is 0. The van der Waals surface area contributed by atoms with E-state index in [9.17, 15) is 18.0 Å². The van der Waals surface area contributed by atoms with Gasteiger partial charge in [0, 0.05) is 36.5 Å². The van der Waals surface area contributed by atoms with E-state index >= 15 is 0 Å². The van der Waals surface area contributed by atoms with E-state index in [1.807, 2.05) is 0 Å². The molecule has 0 aliphatic carbocycles. The van der Waals surface area contributed by atoms with E-state index in [-0.39, 0.29) is 22.0 Å². The topological polar surface area (TPSA) is 139 Å². The molecule has 1 amide bonds. The number of aryl methyl sites for hydroxylation is 2. The van der Waals surface area contributed by atoms with E-state index in [1.54, 1.807) is 19.9 Å². The smallest absolute Gasteiger partial charge is 0.256 e. The largest absolute Gasteiger partial charge is 0.379 e. The number of nitrogens with zero attached hydrogens (tertiary/aromatic N) is 4. The van der Waals surface area contributed by atoms with Gasteiger partial charge >= 0.3 is 0 Å². The Morgan fingerprint density at radius 3 is 2.44 bits per heavy atom. The fourth-order valence-electron chi connectivity index (χ4n) is 3.32. The first-order chi connectivity index (χ1) is 15.2. The highest BCUT2D eigenvalue weighted by molar-refractivity contribution is 7.89. The average molecular weight is 459 g/mol. The number of hydrogen-bond donors (Lipinski definition) is 2. The third kappa shape index (κ3) is 4.47. The summed E-state index contributed by atoms with van der Waals surface area (Å²) in [4.78, 5) is 31.5. The summed E-state index contributed by atoms with van der Waals surface area (Å²) in [5.74, 6) is 0.0214. The van der Waals surface area contributed by atoms with Crippen LogP contribution in [0.5, 0.6) is 0 Å². The number of benzene rings is 1. The van der Waals surface area contributed by atoms with Crippen LogP contribution in [0.25, 0.3) is 5.95 Å². The Balaban J connectivity index is 1.56. The zero-order chi connectivity index (χ0) is 22.9. The number of morpholine rings is 1. The Kier molecular flexibility index (Phi) is 5.91. The Morgan fingerprint density at radius 1 is 1.09 bits per heavy atom. The van der Waals surface area contributed by atoms with Crippen LogP contribution in [0, 0.1) is 13.8 Å². The van der Waals surface area contributed by atoms with Crippen molar-refractivity contribution in [3.05, 3.63) is 63.7 Å². The van der Waals surface area contributed by atoms with Crippen LogP contribution in [0.2, 0.25) is 0 Å². The molecular weight excluding hydrogens is 436 g/mol.